The molecule has 2 aliphatic rings. The number of amides is 1. The Labute approximate surface area is 171 Å². The van der Waals surface area contributed by atoms with Crippen LogP contribution in [0, 0.1) is 11.2 Å². The van der Waals surface area contributed by atoms with Gasteiger partial charge in [-0.15, -0.1) is 0 Å². The molecule has 1 aliphatic heterocycles. The molecule has 2 aromatic rings. The summed E-state index contributed by atoms with van der Waals surface area (Å²) in [4.78, 5) is 28.1. The average molecular weight is 391 g/mol. The van der Waals surface area contributed by atoms with Crippen LogP contribution < -0.4 is 4.90 Å². The molecule has 29 heavy (non-hydrogen) atoms. The number of benzene rings is 2. The van der Waals surface area contributed by atoms with Gasteiger partial charge in [-0.2, -0.15) is 0 Å². The van der Waals surface area contributed by atoms with E-state index >= 15 is 0 Å². The number of allylic oxidation sites excluding steroid dienone is 2. The summed E-state index contributed by atoms with van der Waals surface area (Å²) in [6.45, 7) is 6.19. The summed E-state index contributed by atoms with van der Waals surface area (Å²) in [6, 6.07) is 14.3. The zero-order chi connectivity index (χ0) is 20.8. The SMILES string of the molecule is CCc1ccc(C2CC(=O)N(c3cccc(F)c3)C3=C2C(=O)CC(C)(C)C3)cc1. The van der Waals surface area contributed by atoms with E-state index in [2.05, 4.69) is 19.1 Å². The van der Waals surface area contributed by atoms with Gasteiger partial charge < -0.3 is 0 Å². The van der Waals surface area contributed by atoms with Gasteiger partial charge in [-0.3, -0.25) is 14.5 Å². The van der Waals surface area contributed by atoms with Crippen molar-refractivity contribution in [2.75, 3.05) is 4.90 Å². The molecule has 1 heterocycles. The summed E-state index contributed by atoms with van der Waals surface area (Å²) in [5.41, 5.74) is 3.93. The predicted molar refractivity (Wildman–Crippen MR) is 112 cm³/mol. The van der Waals surface area contributed by atoms with E-state index in [9.17, 15) is 14.0 Å². The van der Waals surface area contributed by atoms with E-state index < -0.39 is 5.82 Å². The van der Waals surface area contributed by atoms with E-state index in [1.807, 2.05) is 26.0 Å². The van der Waals surface area contributed by atoms with Crippen molar-refractivity contribution in [2.45, 2.75) is 52.4 Å². The molecule has 2 aromatic carbocycles. The predicted octanol–water partition coefficient (Wildman–Crippen LogP) is 5.55. The highest BCUT2D eigenvalue weighted by molar-refractivity contribution is 6.07. The summed E-state index contributed by atoms with van der Waals surface area (Å²) < 4.78 is 13.9. The van der Waals surface area contributed by atoms with E-state index in [1.54, 1.807) is 17.0 Å². The lowest BCUT2D eigenvalue weighted by Crippen LogP contribution is -2.43. The second-order valence-corrected chi connectivity index (χ2v) is 8.86. The minimum atomic E-state index is -0.392. The fourth-order valence-electron chi connectivity index (χ4n) is 4.60. The Balaban J connectivity index is 1.87. The van der Waals surface area contributed by atoms with E-state index in [1.165, 1.54) is 17.7 Å². The summed E-state index contributed by atoms with van der Waals surface area (Å²) in [5.74, 6) is -0.632. The lowest BCUT2D eigenvalue weighted by Gasteiger charge is -2.43. The smallest absolute Gasteiger partial charge is 0.232 e. The zero-order valence-electron chi connectivity index (χ0n) is 17.2. The maximum absolute atomic E-state index is 13.9. The van der Waals surface area contributed by atoms with Gasteiger partial charge in [0.05, 0.1) is 5.69 Å². The highest BCUT2D eigenvalue weighted by Gasteiger charge is 2.44. The lowest BCUT2D eigenvalue weighted by molar-refractivity contribution is -0.121. The van der Waals surface area contributed by atoms with Crippen molar-refractivity contribution in [3.8, 4) is 0 Å². The second-order valence-electron chi connectivity index (χ2n) is 8.86. The van der Waals surface area contributed by atoms with E-state index in [0.29, 0.717) is 18.5 Å². The summed E-state index contributed by atoms with van der Waals surface area (Å²) >= 11 is 0. The van der Waals surface area contributed by atoms with E-state index in [4.69, 9.17) is 0 Å². The zero-order valence-corrected chi connectivity index (χ0v) is 17.2. The molecule has 1 amide bonds. The van der Waals surface area contributed by atoms with Gasteiger partial charge in [0.1, 0.15) is 5.82 Å². The van der Waals surface area contributed by atoms with Crippen LogP contribution in [0.25, 0.3) is 0 Å². The van der Waals surface area contributed by atoms with Crippen LogP contribution in [0.1, 0.15) is 57.1 Å². The van der Waals surface area contributed by atoms with Gasteiger partial charge in [0.25, 0.3) is 0 Å². The highest BCUT2D eigenvalue weighted by Crippen LogP contribution is 2.48. The molecule has 0 fully saturated rings. The van der Waals surface area contributed by atoms with Gasteiger partial charge in [0, 0.05) is 30.0 Å². The Morgan fingerprint density at radius 1 is 1.07 bits per heavy atom. The number of hydrogen-bond acceptors (Lipinski definition) is 2. The molecule has 1 unspecified atom stereocenters. The van der Waals surface area contributed by atoms with Crippen LogP contribution in [-0.4, -0.2) is 11.7 Å². The summed E-state index contributed by atoms with van der Waals surface area (Å²) in [5, 5.41) is 0. The number of halogens is 1. The summed E-state index contributed by atoms with van der Waals surface area (Å²) in [6.07, 6.45) is 2.23. The number of carbonyl (C=O) groups is 2. The highest BCUT2D eigenvalue weighted by atomic mass is 19.1. The standard InChI is InChI=1S/C25H26FNO2/c1-4-16-8-10-17(11-9-16)20-13-23(29)27(19-7-5-6-18(26)12-19)21-14-25(2,3)15-22(28)24(20)21/h5-12,20H,4,13-15H2,1-3H3. The molecule has 150 valence electrons. The van der Waals surface area contributed by atoms with Crippen molar-refractivity contribution < 1.29 is 14.0 Å². The molecular weight excluding hydrogens is 365 g/mol. The number of rotatable bonds is 3. The van der Waals surface area contributed by atoms with Gasteiger partial charge >= 0.3 is 0 Å². The third-order valence-electron chi connectivity index (χ3n) is 6.00. The van der Waals surface area contributed by atoms with Gasteiger partial charge in [-0.25, -0.2) is 4.39 Å². The number of anilines is 1. The Bertz CT molecular complexity index is 1000. The molecule has 1 aliphatic carbocycles. The third kappa shape index (κ3) is 3.64. The molecule has 1 atom stereocenters. The number of ketones is 1. The molecule has 0 saturated carbocycles. The summed E-state index contributed by atoms with van der Waals surface area (Å²) in [7, 11) is 0. The maximum Gasteiger partial charge on any atom is 0.232 e. The molecule has 0 N–H and O–H groups in total. The average Bonchev–Trinajstić information content (AvgIpc) is 2.66. The van der Waals surface area contributed by atoms with Crippen LogP contribution in [0.5, 0.6) is 0 Å². The second kappa shape index (κ2) is 7.25. The van der Waals surface area contributed by atoms with Gasteiger partial charge in [0.2, 0.25) is 5.91 Å². The normalized spacial score (nSPS) is 21.4. The number of Topliss-reactive ketones (excluding diaryl/α,β-unsaturated/α-hetero) is 1. The van der Waals surface area contributed by atoms with Crippen LogP contribution in [0.15, 0.2) is 59.8 Å². The van der Waals surface area contributed by atoms with Crippen molar-refractivity contribution in [1.82, 2.24) is 0 Å². The van der Waals surface area contributed by atoms with Crippen LogP contribution in [-0.2, 0) is 16.0 Å². The number of nitrogens with zero attached hydrogens (tertiary/aromatic N) is 1. The van der Waals surface area contributed by atoms with Crippen molar-refractivity contribution in [3.05, 3.63) is 76.7 Å². The first kappa shape index (κ1) is 19.6. The monoisotopic (exact) mass is 391 g/mol. The minimum absolute atomic E-state index is 0.0923. The maximum atomic E-state index is 13.9. The largest absolute Gasteiger partial charge is 0.294 e. The molecule has 0 saturated heterocycles. The van der Waals surface area contributed by atoms with E-state index in [-0.39, 0.29) is 29.4 Å². The Morgan fingerprint density at radius 2 is 1.79 bits per heavy atom. The lowest BCUT2D eigenvalue weighted by atomic mass is 9.69. The molecular formula is C25H26FNO2. The van der Waals surface area contributed by atoms with Gasteiger partial charge in [-0.1, -0.05) is 51.1 Å². The Hall–Kier alpha value is -2.75. The first-order valence-corrected chi connectivity index (χ1v) is 10.2. The van der Waals surface area contributed by atoms with E-state index in [0.717, 1.165) is 23.3 Å². The molecule has 3 nitrogen and oxygen atoms in total. The Morgan fingerprint density at radius 3 is 2.45 bits per heavy atom. The van der Waals surface area contributed by atoms with Crippen molar-refractivity contribution in [1.29, 1.82) is 0 Å². The number of carbonyl (C=O) groups excluding carboxylic acids is 2. The molecule has 0 radical (unpaired) electrons. The molecule has 0 spiro atoms. The molecule has 0 aromatic heterocycles. The topological polar surface area (TPSA) is 37.4 Å². The quantitative estimate of drug-likeness (QED) is 0.688. The molecule has 4 heteroatoms. The number of hydrogen-bond donors (Lipinski definition) is 0. The van der Waals surface area contributed by atoms with Crippen LogP contribution >= 0.6 is 0 Å². The van der Waals surface area contributed by atoms with Crippen LogP contribution in [0.4, 0.5) is 10.1 Å². The van der Waals surface area contributed by atoms with Gasteiger partial charge in [-0.05, 0) is 47.6 Å². The molecule has 4 rings (SSSR count). The van der Waals surface area contributed by atoms with Crippen molar-refractivity contribution in [3.63, 3.8) is 0 Å². The first-order valence-electron chi connectivity index (χ1n) is 10.2. The Kier molecular flexibility index (Phi) is 4.89. The fraction of sp³-hybridized carbons (Fsp3) is 0.360. The van der Waals surface area contributed by atoms with Crippen LogP contribution in [0.3, 0.4) is 0 Å². The third-order valence-corrected chi connectivity index (χ3v) is 6.00. The van der Waals surface area contributed by atoms with Gasteiger partial charge in [0.15, 0.2) is 5.78 Å². The molecule has 0 bridgehead atoms. The number of aryl methyl sites for hydroxylation is 1. The fourth-order valence-corrected chi connectivity index (χ4v) is 4.60. The van der Waals surface area contributed by atoms with Crippen molar-refractivity contribution >= 4 is 17.4 Å². The first-order chi connectivity index (χ1) is 13.8. The van der Waals surface area contributed by atoms with Crippen LogP contribution in [0.2, 0.25) is 0 Å². The van der Waals surface area contributed by atoms with Crippen molar-refractivity contribution in [2.24, 2.45) is 5.41 Å². The minimum Gasteiger partial charge on any atom is -0.294 e.